The number of rotatable bonds is 5. The van der Waals surface area contributed by atoms with Crippen molar-refractivity contribution in [2.75, 3.05) is 0 Å². The maximum Gasteiger partial charge on any atom is 0.359 e. The summed E-state index contributed by atoms with van der Waals surface area (Å²) in [5.74, 6) is -0.480. The molecule has 0 radical (unpaired) electrons. The van der Waals surface area contributed by atoms with E-state index in [1.807, 2.05) is 78.9 Å². The fourth-order valence-corrected chi connectivity index (χ4v) is 3.12. The van der Waals surface area contributed by atoms with Crippen molar-refractivity contribution in [3.63, 3.8) is 0 Å². The molecule has 0 spiro atoms. The molecule has 0 amide bonds. The number of ether oxygens (including phenoxy) is 1. The van der Waals surface area contributed by atoms with E-state index in [1.54, 1.807) is 16.8 Å². The van der Waals surface area contributed by atoms with Crippen molar-refractivity contribution < 1.29 is 9.53 Å². The summed E-state index contributed by atoms with van der Waals surface area (Å²) in [6, 6.07) is 28.4. The topological polar surface area (TPSA) is 44.1 Å². The van der Waals surface area contributed by atoms with Crippen LogP contribution in [0.1, 0.15) is 16.1 Å². The molecular weight excluding hydrogens is 372 g/mol. The van der Waals surface area contributed by atoms with Crippen molar-refractivity contribution in [3.05, 3.63) is 107 Å². The molecule has 1 heterocycles. The van der Waals surface area contributed by atoms with Gasteiger partial charge in [0.15, 0.2) is 5.69 Å². The van der Waals surface area contributed by atoms with E-state index in [1.165, 1.54) is 0 Å². The summed E-state index contributed by atoms with van der Waals surface area (Å²) in [7, 11) is 0. The molecule has 4 aromatic rings. The lowest BCUT2D eigenvalue weighted by atomic mass is 10.1. The number of benzene rings is 3. The zero-order valence-corrected chi connectivity index (χ0v) is 15.7. The van der Waals surface area contributed by atoms with Gasteiger partial charge in [-0.3, -0.25) is 0 Å². The smallest absolute Gasteiger partial charge is 0.359 e. The molecule has 1 aromatic heterocycles. The van der Waals surface area contributed by atoms with Crippen LogP contribution in [-0.2, 0) is 11.3 Å². The third-order valence-electron chi connectivity index (χ3n) is 4.28. The van der Waals surface area contributed by atoms with Gasteiger partial charge in [0.25, 0.3) is 0 Å². The molecule has 0 saturated carbocycles. The minimum Gasteiger partial charge on any atom is -0.456 e. The Morgan fingerprint density at radius 1 is 0.893 bits per heavy atom. The monoisotopic (exact) mass is 388 g/mol. The number of aromatic nitrogens is 2. The van der Waals surface area contributed by atoms with Gasteiger partial charge < -0.3 is 4.74 Å². The van der Waals surface area contributed by atoms with Crippen LogP contribution in [0.15, 0.2) is 91.0 Å². The van der Waals surface area contributed by atoms with Crippen molar-refractivity contribution in [1.82, 2.24) is 9.78 Å². The van der Waals surface area contributed by atoms with E-state index in [4.69, 9.17) is 16.3 Å². The Kier molecular flexibility index (Phi) is 5.22. The Balaban J connectivity index is 1.69. The Bertz CT molecular complexity index is 1090. The Morgan fingerprint density at radius 2 is 1.54 bits per heavy atom. The van der Waals surface area contributed by atoms with Crippen LogP contribution >= 0.6 is 11.6 Å². The molecule has 0 aliphatic heterocycles. The van der Waals surface area contributed by atoms with E-state index < -0.39 is 5.97 Å². The van der Waals surface area contributed by atoms with E-state index in [-0.39, 0.29) is 12.3 Å². The molecule has 0 aliphatic rings. The van der Waals surface area contributed by atoms with E-state index in [9.17, 15) is 4.79 Å². The summed E-state index contributed by atoms with van der Waals surface area (Å²) in [4.78, 5) is 12.6. The first-order chi connectivity index (χ1) is 13.7. The van der Waals surface area contributed by atoms with Crippen LogP contribution in [0.2, 0.25) is 5.02 Å². The number of para-hydroxylation sites is 1. The number of esters is 1. The van der Waals surface area contributed by atoms with Crippen LogP contribution in [0, 0.1) is 0 Å². The highest BCUT2D eigenvalue weighted by Crippen LogP contribution is 2.28. The molecule has 0 atom stereocenters. The van der Waals surface area contributed by atoms with Gasteiger partial charge in [-0.15, -0.1) is 0 Å². The van der Waals surface area contributed by atoms with Gasteiger partial charge in [-0.05, 0) is 23.8 Å². The lowest BCUT2D eigenvalue weighted by Gasteiger charge is -2.09. The summed E-state index contributed by atoms with van der Waals surface area (Å²) >= 11 is 6.37. The number of hydrogen-bond acceptors (Lipinski definition) is 3. The van der Waals surface area contributed by atoms with Gasteiger partial charge in [0.1, 0.15) is 6.61 Å². The predicted octanol–water partition coefficient (Wildman–Crippen LogP) is 5.55. The van der Waals surface area contributed by atoms with Gasteiger partial charge in [0, 0.05) is 5.56 Å². The van der Waals surface area contributed by atoms with Crippen LogP contribution in [0.4, 0.5) is 0 Å². The highest BCUT2D eigenvalue weighted by Gasteiger charge is 2.19. The highest BCUT2D eigenvalue weighted by molar-refractivity contribution is 6.32. The predicted molar refractivity (Wildman–Crippen MR) is 110 cm³/mol. The maximum absolute atomic E-state index is 12.6. The van der Waals surface area contributed by atoms with Crippen molar-refractivity contribution in [2.24, 2.45) is 0 Å². The second-order valence-corrected chi connectivity index (χ2v) is 6.61. The molecule has 0 N–H and O–H groups in total. The van der Waals surface area contributed by atoms with Crippen LogP contribution in [0.5, 0.6) is 0 Å². The first-order valence-electron chi connectivity index (χ1n) is 8.84. The number of carbonyl (C=O) groups excluding carboxylic acids is 1. The second-order valence-electron chi connectivity index (χ2n) is 6.21. The molecule has 0 aliphatic carbocycles. The third kappa shape index (κ3) is 3.82. The molecular formula is C23H17ClN2O2. The quantitative estimate of drug-likeness (QED) is 0.421. The maximum atomic E-state index is 12.6. The Hall–Kier alpha value is -3.37. The summed E-state index contributed by atoms with van der Waals surface area (Å²) in [5.41, 5.74) is 3.54. The third-order valence-corrected chi connectivity index (χ3v) is 4.60. The number of nitrogens with zero attached hydrogens (tertiary/aromatic N) is 2. The average molecular weight is 389 g/mol. The fraction of sp³-hybridized carbons (Fsp3) is 0.0435. The average Bonchev–Trinajstić information content (AvgIpc) is 3.19. The van der Waals surface area contributed by atoms with Crippen molar-refractivity contribution in [1.29, 1.82) is 0 Å². The summed E-state index contributed by atoms with van der Waals surface area (Å²) in [5, 5.41) is 5.04. The van der Waals surface area contributed by atoms with Gasteiger partial charge in [0.2, 0.25) is 0 Å². The van der Waals surface area contributed by atoms with Gasteiger partial charge in [-0.1, -0.05) is 84.4 Å². The van der Waals surface area contributed by atoms with Crippen LogP contribution < -0.4 is 0 Å². The van der Waals surface area contributed by atoms with Gasteiger partial charge in [-0.25, -0.2) is 9.48 Å². The molecule has 138 valence electrons. The standard InChI is InChI=1S/C23H17ClN2O2/c24-19-13-7-8-14-21(19)26-22(18-11-5-2-6-12-18)15-20(25-26)23(27)28-16-17-9-3-1-4-10-17/h1-15H,16H2. The summed E-state index contributed by atoms with van der Waals surface area (Å²) in [6.07, 6.45) is 0. The Labute approximate surface area is 168 Å². The van der Waals surface area contributed by atoms with Crippen LogP contribution in [0.25, 0.3) is 16.9 Å². The molecule has 0 fully saturated rings. The molecule has 0 saturated heterocycles. The number of carbonyl (C=O) groups is 1. The minimum absolute atomic E-state index is 0.194. The second kappa shape index (κ2) is 8.11. The highest BCUT2D eigenvalue weighted by atomic mass is 35.5. The molecule has 4 rings (SSSR count). The Morgan fingerprint density at radius 3 is 2.25 bits per heavy atom. The lowest BCUT2D eigenvalue weighted by Crippen LogP contribution is -2.07. The van der Waals surface area contributed by atoms with E-state index >= 15 is 0 Å². The fourth-order valence-electron chi connectivity index (χ4n) is 2.90. The largest absolute Gasteiger partial charge is 0.456 e. The van der Waals surface area contributed by atoms with Crippen LogP contribution in [0.3, 0.4) is 0 Å². The molecule has 28 heavy (non-hydrogen) atoms. The molecule has 0 unspecified atom stereocenters. The van der Waals surface area contributed by atoms with Crippen molar-refractivity contribution in [2.45, 2.75) is 6.61 Å². The zero-order valence-electron chi connectivity index (χ0n) is 15.0. The molecule has 5 heteroatoms. The lowest BCUT2D eigenvalue weighted by molar-refractivity contribution is 0.0465. The van der Waals surface area contributed by atoms with Crippen molar-refractivity contribution >= 4 is 17.6 Å². The number of halogens is 1. The van der Waals surface area contributed by atoms with E-state index in [0.29, 0.717) is 10.7 Å². The van der Waals surface area contributed by atoms with Crippen LogP contribution in [-0.4, -0.2) is 15.7 Å². The molecule has 4 nitrogen and oxygen atoms in total. The first-order valence-corrected chi connectivity index (χ1v) is 9.21. The summed E-state index contributed by atoms with van der Waals surface area (Å²) in [6.45, 7) is 0.194. The van der Waals surface area contributed by atoms with E-state index in [0.717, 1.165) is 16.8 Å². The normalized spacial score (nSPS) is 10.6. The van der Waals surface area contributed by atoms with Crippen molar-refractivity contribution in [3.8, 4) is 16.9 Å². The van der Waals surface area contributed by atoms with Gasteiger partial charge >= 0.3 is 5.97 Å². The summed E-state index contributed by atoms with van der Waals surface area (Å²) < 4.78 is 7.11. The van der Waals surface area contributed by atoms with Gasteiger partial charge in [0.05, 0.1) is 16.4 Å². The first kappa shape index (κ1) is 18.0. The van der Waals surface area contributed by atoms with Gasteiger partial charge in [-0.2, -0.15) is 5.10 Å². The molecule has 3 aromatic carbocycles. The SMILES string of the molecule is O=C(OCc1ccccc1)c1cc(-c2ccccc2)n(-c2ccccc2Cl)n1. The van der Waals surface area contributed by atoms with E-state index in [2.05, 4.69) is 5.10 Å². The zero-order chi connectivity index (χ0) is 19.3. The molecule has 0 bridgehead atoms. The number of hydrogen-bond donors (Lipinski definition) is 0. The minimum atomic E-state index is -0.480.